The fourth-order valence-corrected chi connectivity index (χ4v) is 2.84. The summed E-state index contributed by atoms with van der Waals surface area (Å²) in [5, 5.41) is 3.02. The van der Waals surface area contributed by atoms with Crippen LogP contribution in [0.5, 0.6) is 0 Å². The van der Waals surface area contributed by atoms with Crippen molar-refractivity contribution >= 4 is 22.6 Å². The molecule has 0 unspecified atom stereocenters. The summed E-state index contributed by atoms with van der Waals surface area (Å²) in [7, 11) is 2.95. The number of carbonyl (C=O) groups is 1. The van der Waals surface area contributed by atoms with Crippen molar-refractivity contribution in [2.45, 2.75) is 13.8 Å². The van der Waals surface area contributed by atoms with Crippen molar-refractivity contribution in [3.05, 3.63) is 68.0 Å². The van der Waals surface area contributed by atoms with Crippen molar-refractivity contribution < 1.29 is 4.79 Å². The van der Waals surface area contributed by atoms with Gasteiger partial charge in [0.2, 0.25) is 0 Å². The first-order chi connectivity index (χ1) is 11.8. The summed E-state index contributed by atoms with van der Waals surface area (Å²) < 4.78 is 2.31. The van der Waals surface area contributed by atoms with Crippen LogP contribution in [0.1, 0.15) is 21.5 Å². The van der Waals surface area contributed by atoms with E-state index in [4.69, 9.17) is 0 Å². The molecule has 3 rings (SSSR count). The molecule has 0 aliphatic heterocycles. The molecule has 1 aromatic carbocycles. The van der Waals surface area contributed by atoms with Crippen LogP contribution in [0.25, 0.3) is 11.0 Å². The highest BCUT2D eigenvalue weighted by atomic mass is 16.2. The average Bonchev–Trinajstić information content (AvgIpc) is 2.57. The second kappa shape index (κ2) is 6.01. The molecule has 2 aromatic heterocycles. The van der Waals surface area contributed by atoms with E-state index in [1.54, 1.807) is 19.2 Å². The minimum Gasteiger partial charge on any atom is -0.321 e. The number of nitrogens with zero attached hydrogens (tertiary/aromatic N) is 3. The maximum Gasteiger partial charge on any atom is 0.332 e. The minimum atomic E-state index is -0.451. The van der Waals surface area contributed by atoms with Crippen LogP contribution in [0.15, 0.2) is 40.1 Å². The Morgan fingerprint density at radius 1 is 1.00 bits per heavy atom. The zero-order chi connectivity index (χ0) is 18.3. The van der Waals surface area contributed by atoms with Crippen molar-refractivity contribution in [2.24, 2.45) is 14.1 Å². The van der Waals surface area contributed by atoms with Gasteiger partial charge in [-0.25, -0.2) is 9.78 Å². The lowest BCUT2D eigenvalue weighted by Crippen LogP contribution is -2.37. The molecule has 3 aromatic rings. The molecule has 0 radical (unpaired) electrons. The van der Waals surface area contributed by atoms with Gasteiger partial charge < -0.3 is 5.32 Å². The van der Waals surface area contributed by atoms with Crippen LogP contribution in [0, 0.1) is 13.8 Å². The second-order valence-corrected chi connectivity index (χ2v) is 6.13. The average molecular weight is 338 g/mol. The molecule has 2 heterocycles. The van der Waals surface area contributed by atoms with Crippen LogP contribution in [-0.2, 0) is 14.1 Å². The number of aromatic nitrogens is 3. The number of hydrogen-bond donors (Lipinski definition) is 1. The van der Waals surface area contributed by atoms with Gasteiger partial charge in [0, 0.05) is 19.7 Å². The van der Waals surface area contributed by atoms with Crippen LogP contribution >= 0.6 is 0 Å². The summed E-state index contributed by atoms with van der Waals surface area (Å²) >= 11 is 0. The van der Waals surface area contributed by atoms with E-state index < -0.39 is 11.2 Å². The van der Waals surface area contributed by atoms with Crippen LogP contribution in [0.3, 0.4) is 0 Å². The summed E-state index contributed by atoms with van der Waals surface area (Å²) in [4.78, 5) is 40.8. The molecule has 0 aliphatic carbocycles. The van der Waals surface area contributed by atoms with E-state index in [-0.39, 0.29) is 16.9 Å². The fourth-order valence-electron chi connectivity index (χ4n) is 2.84. The molecule has 1 N–H and O–H groups in total. The topological polar surface area (TPSA) is 86.0 Å². The molecular weight excluding hydrogens is 320 g/mol. The number of nitrogens with one attached hydrogen (secondary N) is 1. The summed E-state index contributed by atoms with van der Waals surface area (Å²) in [5.41, 5.74) is 2.29. The van der Waals surface area contributed by atoms with E-state index in [1.807, 2.05) is 19.9 Å². The monoisotopic (exact) mass is 338 g/mol. The lowest BCUT2D eigenvalue weighted by atomic mass is 10.1. The number of aryl methyl sites for hydroxylation is 3. The first-order valence-electron chi connectivity index (χ1n) is 7.73. The van der Waals surface area contributed by atoms with Gasteiger partial charge in [-0.15, -0.1) is 0 Å². The molecule has 7 nitrogen and oxygen atoms in total. The third-order valence-electron chi connectivity index (χ3n) is 4.04. The lowest BCUT2D eigenvalue weighted by Gasteiger charge is -2.10. The maximum atomic E-state index is 12.5. The van der Waals surface area contributed by atoms with Gasteiger partial charge in [0.05, 0.1) is 17.3 Å². The molecule has 0 fully saturated rings. The summed E-state index contributed by atoms with van der Waals surface area (Å²) in [6.07, 6.45) is 1.43. The Bertz CT molecular complexity index is 1110. The standard InChI is InChI=1S/C18H18N4O3/c1-10-5-11(2)7-12(6-10)16(23)20-13-8-14-15(19-9-13)21(3)18(25)22(4)17(14)24/h5-9H,1-4H3,(H,20,23). The Morgan fingerprint density at radius 2 is 1.64 bits per heavy atom. The van der Waals surface area contributed by atoms with E-state index in [0.29, 0.717) is 11.3 Å². The number of anilines is 1. The van der Waals surface area contributed by atoms with Gasteiger partial charge in [0.15, 0.2) is 0 Å². The Balaban J connectivity index is 2.04. The maximum absolute atomic E-state index is 12.5. The van der Waals surface area contributed by atoms with Crippen LogP contribution in [0.4, 0.5) is 5.69 Å². The predicted octanol–water partition coefficient (Wildman–Crippen LogP) is 1.50. The van der Waals surface area contributed by atoms with E-state index >= 15 is 0 Å². The normalized spacial score (nSPS) is 10.9. The van der Waals surface area contributed by atoms with Gasteiger partial charge in [-0.05, 0) is 32.0 Å². The number of pyridine rings is 1. The second-order valence-electron chi connectivity index (χ2n) is 6.13. The zero-order valence-electron chi connectivity index (χ0n) is 14.5. The Kier molecular flexibility index (Phi) is 4.00. The largest absolute Gasteiger partial charge is 0.332 e. The van der Waals surface area contributed by atoms with Crippen molar-refractivity contribution in [2.75, 3.05) is 5.32 Å². The molecule has 0 bridgehead atoms. The smallest absolute Gasteiger partial charge is 0.321 e. The third kappa shape index (κ3) is 2.96. The molecule has 0 atom stereocenters. The SMILES string of the molecule is Cc1cc(C)cc(C(=O)Nc2cnc3c(c2)c(=O)n(C)c(=O)n3C)c1. The highest BCUT2D eigenvalue weighted by Crippen LogP contribution is 2.15. The molecule has 1 amide bonds. The van der Waals surface area contributed by atoms with Crippen LogP contribution < -0.4 is 16.6 Å². The third-order valence-corrected chi connectivity index (χ3v) is 4.04. The number of carbonyl (C=O) groups excluding carboxylic acids is 1. The molecule has 0 saturated heterocycles. The van der Waals surface area contributed by atoms with E-state index in [9.17, 15) is 14.4 Å². The zero-order valence-corrected chi connectivity index (χ0v) is 14.5. The van der Waals surface area contributed by atoms with Crippen LogP contribution in [-0.4, -0.2) is 20.0 Å². The Labute approximate surface area is 143 Å². The first-order valence-corrected chi connectivity index (χ1v) is 7.73. The number of benzene rings is 1. The highest BCUT2D eigenvalue weighted by molar-refractivity contribution is 6.05. The quantitative estimate of drug-likeness (QED) is 0.767. The van der Waals surface area contributed by atoms with Gasteiger partial charge >= 0.3 is 5.69 Å². The summed E-state index contributed by atoms with van der Waals surface area (Å²) in [5.74, 6) is -0.283. The predicted molar refractivity (Wildman–Crippen MR) is 96.1 cm³/mol. The van der Waals surface area contributed by atoms with E-state index in [0.717, 1.165) is 15.7 Å². The van der Waals surface area contributed by atoms with Gasteiger partial charge in [0.25, 0.3) is 11.5 Å². The minimum absolute atomic E-state index is 0.267. The van der Waals surface area contributed by atoms with Gasteiger partial charge in [-0.2, -0.15) is 0 Å². The molecule has 25 heavy (non-hydrogen) atoms. The van der Waals surface area contributed by atoms with Crippen LogP contribution in [0.2, 0.25) is 0 Å². The van der Waals surface area contributed by atoms with Gasteiger partial charge in [0.1, 0.15) is 5.65 Å². The van der Waals surface area contributed by atoms with Crippen molar-refractivity contribution in [3.63, 3.8) is 0 Å². The number of fused-ring (bicyclic) bond motifs is 1. The van der Waals surface area contributed by atoms with Crippen molar-refractivity contribution in [3.8, 4) is 0 Å². The van der Waals surface area contributed by atoms with E-state index in [2.05, 4.69) is 10.3 Å². The molecule has 0 spiro atoms. The van der Waals surface area contributed by atoms with Gasteiger partial charge in [-0.1, -0.05) is 17.2 Å². The van der Waals surface area contributed by atoms with E-state index in [1.165, 1.54) is 23.9 Å². The molecule has 7 heteroatoms. The molecule has 0 saturated carbocycles. The van der Waals surface area contributed by atoms with Crippen molar-refractivity contribution in [1.29, 1.82) is 0 Å². The van der Waals surface area contributed by atoms with Crippen molar-refractivity contribution in [1.82, 2.24) is 14.1 Å². The molecule has 128 valence electrons. The Morgan fingerprint density at radius 3 is 2.28 bits per heavy atom. The summed E-state index contributed by atoms with van der Waals surface area (Å²) in [6, 6.07) is 7.10. The molecular formula is C18H18N4O3. The highest BCUT2D eigenvalue weighted by Gasteiger charge is 2.12. The first kappa shape index (κ1) is 16.6. The fraction of sp³-hybridized carbons (Fsp3) is 0.222. The lowest BCUT2D eigenvalue weighted by molar-refractivity contribution is 0.102. The number of hydrogen-bond acceptors (Lipinski definition) is 4. The Hall–Kier alpha value is -3.22. The van der Waals surface area contributed by atoms with Gasteiger partial charge in [-0.3, -0.25) is 18.7 Å². The summed E-state index contributed by atoms with van der Waals surface area (Å²) in [6.45, 7) is 3.84. The molecule has 0 aliphatic rings. The number of amides is 1. The number of rotatable bonds is 2.